The molecule has 0 aromatic rings. The number of hydrogen-bond acceptors (Lipinski definition) is 12. The Kier molecular flexibility index (Phi) is 31.9. The Hall–Kier alpha value is -2.61. The largest absolute Gasteiger partial charge is 0.458 e. The highest BCUT2D eigenvalue weighted by Gasteiger charge is 2.18. The van der Waals surface area contributed by atoms with Crippen molar-refractivity contribution in [2.24, 2.45) is 0 Å². The van der Waals surface area contributed by atoms with Crippen molar-refractivity contribution in [3.63, 3.8) is 0 Å². The van der Waals surface area contributed by atoms with Gasteiger partial charge in [-0.05, 0) is 116 Å². The van der Waals surface area contributed by atoms with Crippen LogP contribution in [0.4, 0.5) is 0 Å². The van der Waals surface area contributed by atoms with Crippen molar-refractivity contribution in [1.29, 1.82) is 0 Å². The Morgan fingerprint density at radius 1 is 0.433 bits per heavy atom. The highest BCUT2D eigenvalue weighted by Crippen LogP contribution is 2.17. The summed E-state index contributed by atoms with van der Waals surface area (Å²) < 4.78 is 50.5. The highest BCUT2D eigenvalue weighted by molar-refractivity contribution is 5.83. The molecule has 0 spiro atoms. The van der Waals surface area contributed by atoms with Gasteiger partial charge in [-0.3, -0.25) is 0 Å². The van der Waals surface area contributed by atoms with Crippen LogP contribution in [0.15, 0.2) is 36.5 Å². The molecular weight excluding hydrogens is 769 g/mol. The second kappa shape index (κ2) is 37.0. The lowest BCUT2D eigenvalue weighted by molar-refractivity contribution is -0.163. The first-order valence-corrected chi connectivity index (χ1v) is 23.8. The quantitative estimate of drug-likeness (QED) is 0.0260. The van der Waals surface area contributed by atoms with E-state index in [-0.39, 0.29) is 32.1 Å². The minimum absolute atomic E-state index is 0.0250. The molecule has 3 aliphatic heterocycles. The smallest absolute Gasteiger partial charge is 0.330 e. The van der Waals surface area contributed by atoms with Crippen molar-refractivity contribution in [3.05, 3.63) is 36.5 Å². The van der Waals surface area contributed by atoms with Crippen LogP contribution in [0.3, 0.4) is 0 Å². The summed E-state index contributed by atoms with van der Waals surface area (Å²) in [6.45, 7) is 4.17. The van der Waals surface area contributed by atoms with E-state index in [0.29, 0.717) is 0 Å². The maximum Gasteiger partial charge on any atom is 0.330 e. The molecule has 60 heavy (non-hydrogen) atoms. The van der Waals surface area contributed by atoms with E-state index in [1.807, 2.05) is 12.2 Å². The zero-order valence-electron chi connectivity index (χ0n) is 36.9. The van der Waals surface area contributed by atoms with Gasteiger partial charge in [0.2, 0.25) is 0 Å². The maximum absolute atomic E-state index is 12.7. The van der Waals surface area contributed by atoms with Crippen LogP contribution in [0.2, 0.25) is 0 Å². The van der Waals surface area contributed by atoms with E-state index in [9.17, 15) is 14.4 Å². The first-order chi connectivity index (χ1) is 29.6. The third kappa shape index (κ3) is 29.6. The number of unbranched alkanes of at least 4 members (excludes halogenated alkanes) is 15. The van der Waals surface area contributed by atoms with Gasteiger partial charge in [-0.15, -0.1) is 0 Å². The average molecular weight is 849 g/mol. The van der Waals surface area contributed by atoms with E-state index in [1.54, 1.807) is 6.08 Å². The first kappa shape index (κ1) is 51.7. The zero-order valence-corrected chi connectivity index (χ0v) is 36.9. The Morgan fingerprint density at radius 2 is 0.767 bits per heavy atom. The Balaban J connectivity index is 1.26. The van der Waals surface area contributed by atoms with Gasteiger partial charge >= 0.3 is 17.9 Å². The Labute approximate surface area is 361 Å². The van der Waals surface area contributed by atoms with Crippen LogP contribution in [0.5, 0.6) is 0 Å². The number of esters is 3. The summed E-state index contributed by atoms with van der Waals surface area (Å²) in [6, 6.07) is 0. The normalized spacial score (nSPS) is 20.5. The molecule has 0 saturated carbocycles. The first-order valence-electron chi connectivity index (χ1n) is 23.8. The monoisotopic (exact) mass is 849 g/mol. The molecule has 12 nitrogen and oxygen atoms in total. The third-order valence-corrected chi connectivity index (χ3v) is 10.7. The summed E-state index contributed by atoms with van der Waals surface area (Å²) in [5, 5.41) is 0. The van der Waals surface area contributed by atoms with Crippen LogP contribution in [0, 0.1) is 0 Å². The van der Waals surface area contributed by atoms with Crippen molar-refractivity contribution in [2.45, 2.75) is 198 Å². The van der Waals surface area contributed by atoms with E-state index in [1.165, 1.54) is 37.5 Å². The summed E-state index contributed by atoms with van der Waals surface area (Å²) in [6.07, 6.45) is 36.6. The molecular formula is C48H80O12. The van der Waals surface area contributed by atoms with Crippen LogP contribution >= 0.6 is 0 Å². The lowest BCUT2D eigenvalue weighted by Crippen LogP contribution is -2.30. The fraction of sp³-hybridized carbons (Fsp3) is 0.812. The summed E-state index contributed by atoms with van der Waals surface area (Å²) in [5.41, 5.74) is 0. The van der Waals surface area contributed by atoms with Crippen LogP contribution in [-0.4, -0.2) is 95.7 Å². The average Bonchev–Trinajstić information content (AvgIpc) is 3.27. The van der Waals surface area contributed by atoms with Gasteiger partial charge in [-0.1, -0.05) is 76.0 Å². The molecule has 0 N–H and O–H groups in total. The van der Waals surface area contributed by atoms with Gasteiger partial charge in [-0.25, -0.2) is 14.4 Å². The van der Waals surface area contributed by atoms with Crippen LogP contribution < -0.4 is 0 Å². The molecule has 3 heterocycles. The molecule has 3 atom stereocenters. The van der Waals surface area contributed by atoms with Crippen molar-refractivity contribution in [1.82, 2.24) is 0 Å². The van der Waals surface area contributed by atoms with Crippen molar-refractivity contribution >= 4 is 17.9 Å². The maximum atomic E-state index is 12.7. The van der Waals surface area contributed by atoms with Crippen molar-refractivity contribution < 1.29 is 57.0 Å². The third-order valence-electron chi connectivity index (χ3n) is 10.7. The standard InChI is InChI=1S/C48H80O12/c49-43(28-16-10-4-1-7-13-22-34-52-46-31-19-25-37-55-46)58-40-42(60-45(51)30-18-12-6-3-9-15-24-36-54-48-33-21-27-39-57-48)41-59-44(50)29-17-11-5-2-8-14-23-35-53-47-32-20-26-38-56-47/h16-18,28-30,42,46-48H,1-15,19-27,31-41H2/b28-16+,29-17+,30-18+. The molecule has 0 aliphatic carbocycles. The summed E-state index contributed by atoms with van der Waals surface area (Å²) in [5.74, 6) is -1.62. The van der Waals surface area contributed by atoms with Gasteiger partial charge in [0.05, 0.1) is 0 Å². The minimum atomic E-state index is -0.930. The van der Waals surface area contributed by atoms with E-state index in [0.717, 1.165) is 194 Å². The molecule has 3 saturated heterocycles. The van der Waals surface area contributed by atoms with E-state index < -0.39 is 24.0 Å². The molecule has 0 radical (unpaired) electrons. The number of ether oxygens (including phenoxy) is 9. The van der Waals surface area contributed by atoms with Gasteiger partial charge in [0, 0.05) is 57.9 Å². The predicted molar refractivity (Wildman–Crippen MR) is 231 cm³/mol. The van der Waals surface area contributed by atoms with Crippen molar-refractivity contribution in [2.75, 3.05) is 52.9 Å². The fourth-order valence-corrected chi connectivity index (χ4v) is 7.16. The molecule has 344 valence electrons. The fourth-order valence-electron chi connectivity index (χ4n) is 7.16. The lowest BCUT2D eigenvalue weighted by atomic mass is 10.1. The molecule has 3 unspecified atom stereocenters. The van der Waals surface area contributed by atoms with Crippen LogP contribution in [0.25, 0.3) is 0 Å². The zero-order chi connectivity index (χ0) is 42.4. The summed E-state index contributed by atoms with van der Waals surface area (Å²) >= 11 is 0. The molecule has 0 aromatic heterocycles. The number of allylic oxidation sites excluding steroid dienone is 3. The second-order valence-electron chi connectivity index (χ2n) is 16.2. The van der Waals surface area contributed by atoms with Crippen LogP contribution in [0.1, 0.15) is 173 Å². The van der Waals surface area contributed by atoms with E-state index in [2.05, 4.69) is 0 Å². The molecule has 0 aromatic carbocycles. The summed E-state index contributed by atoms with van der Waals surface area (Å²) in [4.78, 5) is 37.6. The molecule has 0 bridgehead atoms. The highest BCUT2D eigenvalue weighted by atomic mass is 16.7. The SMILES string of the molecule is O=C(/C=C/CCCCCCCOC1CCCCO1)OCC(COC(=O)/C=C/CCCCCCCOC1CCCCO1)OC(=O)/C=C/CCCCCCCOC1CCCCO1. The molecule has 3 rings (SSSR count). The van der Waals surface area contributed by atoms with Gasteiger partial charge in [0.1, 0.15) is 13.2 Å². The van der Waals surface area contributed by atoms with Crippen LogP contribution in [-0.2, 0) is 57.0 Å². The molecule has 12 heteroatoms. The Morgan fingerprint density at radius 3 is 1.12 bits per heavy atom. The van der Waals surface area contributed by atoms with E-state index >= 15 is 0 Å². The number of carbonyl (C=O) groups is 3. The number of carbonyl (C=O) groups excluding carboxylic acids is 3. The Bertz CT molecular complexity index is 1090. The van der Waals surface area contributed by atoms with Gasteiger partial charge in [0.25, 0.3) is 0 Å². The van der Waals surface area contributed by atoms with Gasteiger partial charge in [0.15, 0.2) is 25.0 Å². The summed E-state index contributed by atoms with van der Waals surface area (Å²) in [7, 11) is 0. The topological polar surface area (TPSA) is 134 Å². The molecule has 3 aliphatic rings. The number of rotatable bonds is 35. The molecule has 0 amide bonds. The van der Waals surface area contributed by atoms with E-state index in [4.69, 9.17) is 42.6 Å². The second-order valence-corrected chi connectivity index (χ2v) is 16.2. The lowest BCUT2D eigenvalue weighted by Gasteiger charge is -2.22. The van der Waals surface area contributed by atoms with Gasteiger partial charge in [-0.2, -0.15) is 0 Å². The van der Waals surface area contributed by atoms with Crippen molar-refractivity contribution in [3.8, 4) is 0 Å². The molecule has 3 fully saturated rings. The number of hydrogen-bond donors (Lipinski definition) is 0. The van der Waals surface area contributed by atoms with Gasteiger partial charge < -0.3 is 42.6 Å². The minimum Gasteiger partial charge on any atom is -0.458 e. The predicted octanol–water partition coefficient (Wildman–Crippen LogP) is 10.3.